The van der Waals surface area contributed by atoms with E-state index in [2.05, 4.69) is 26.8 Å². The molecule has 0 saturated heterocycles. The predicted molar refractivity (Wildman–Crippen MR) is 117 cm³/mol. The molecule has 2 aromatic heterocycles. The molecule has 0 radical (unpaired) electrons. The smallest absolute Gasteiger partial charge is 0.324 e. The number of rotatable bonds is 5. The van der Waals surface area contributed by atoms with Gasteiger partial charge in [0, 0.05) is 23.7 Å². The first-order valence-electron chi connectivity index (χ1n) is 9.29. The van der Waals surface area contributed by atoms with Crippen LogP contribution in [0.15, 0.2) is 73.6 Å². The van der Waals surface area contributed by atoms with E-state index >= 15 is 0 Å². The minimum absolute atomic E-state index is 0.117. The Bertz CT molecular complexity index is 1230. The largest absolute Gasteiger partial charge is 0.433 e. The fraction of sp³-hybridized carbons (Fsp3) is 0.0870. The van der Waals surface area contributed by atoms with Crippen molar-refractivity contribution in [2.75, 3.05) is 5.32 Å². The summed E-state index contributed by atoms with van der Waals surface area (Å²) in [5.41, 5.74) is 3.25. The molecule has 4 aromatic rings. The first kappa shape index (κ1) is 20.7. The molecular formula is C23H17F3N4S. The van der Waals surface area contributed by atoms with Crippen LogP contribution in [-0.2, 0) is 6.18 Å². The van der Waals surface area contributed by atoms with E-state index in [1.165, 1.54) is 11.3 Å². The number of alkyl halides is 3. The van der Waals surface area contributed by atoms with E-state index in [0.717, 1.165) is 44.4 Å². The van der Waals surface area contributed by atoms with Crippen LogP contribution < -0.4 is 5.32 Å². The maximum Gasteiger partial charge on any atom is 0.433 e. The first-order valence-corrected chi connectivity index (χ1v) is 10.1. The molecule has 31 heavy (non-hydrogen) atoms. The molecule has 4 nitrogen and oxygen atoms in total. The Hall–Kier alpha value is -3.52. The molecule has 2 heterocycles. The Kier molecular flexibility index (Phi) is 5.56. The summed E-state index contributed by atoms with van der Waals surface area (Å²) in [6.45, 7) is 6.06. The summed E-state index contributed by atoms with van der Waals surface area (Å²) in [6.07, 6.45) is -1.68. The van der Waals surface area contributed by atoms with Gasteiger partial charge in [-0.25, -0.2) is 15.0 Å². The lowest BCUT2D eigenvalue weighted by molar-refractivity contribution is -0.141. The fourth-order valence-electron chi connectivity index (χ4n) is 3.01. The molecule has 0 amide bonds. The van der Waals surface area contributed by atoms with Crippen molar-refractivity contribution in [3.8, 4) is 10.4 Å². The Balaban J connectivity index is 1.61. The maximum atomic E-state index is 12.9. The van der Waals surface area contributed by atoms with Crippen LogP contribution in [0.3, 0.4) is 0 Å². The van der Waals surface area contributed by atoms with Gasteiger partial charge in [0.25, 0.3) is 0 Å². The number of halogens is 3. The molecule has 8 heteroatoms. The van der Waals surface area contributed by atoms with Crippen LogP contribution in [0.4, 0.5) is 24.8 Å². The molecule has 1 N–H and O–H groups in total. The summed E-state index contributed by atoms with van der Waals surface area (Å²) in [5, 5.41) is 3.67. The van der Waals surface area contributed by atoms with Gasteiger partial charge in [-0.15, -0.1) is 11.3 Å². The Morgan fingerprint density at radius 1 is 1.03 bits per heavy atom. The summed E-state index contributed by atoms with van der Waals surface area (Å²) >= 11 is 1.50. The Morgan fingerprint density at radius 2 is 1.81 bits per heavy atom. The molecule has 156 valence electrons. The van der Waals surface area contributed by atoms with Gasteiger partial charge in [0.2, 0.25) is 5.95 Å². The third kappa shape index (κ3) is 4.80. The molecule has 0 saturated carbocycles. The lowest BCUT2D eigenvalue weighted by atomic mass is 10.1. The molecule has 0 spiro atoms. The van der Waals surface area contributed by atoms with Gasteiger partial charge >= 0.3 is 6.18 Å². The van der Waals surface area contributed by atoms with Gasteiger partial charge in [0.15, 0.2) is 0 Å². The summed E-state index contributed by atoms with van der Waals surface area (Å²) in [5.74, 6) is -0.117. The number of thiazole rings is 1. The molecule has 2 aromatic carbocycles. The van der Waals surface area contributed by atoms with Gasteiger partial charge < -0.3 is 5.32 Å². The molecule has 4 rings (SSSR count). The zero-order valence-corrected chi connectivity index (χ0v) is 17.3. The molecular weight excluding hydrogens is 421 g/mol. The van der Waals surface area contributed by atoms with Crippen molar-refractivity contribution < 1.29 is 13.2 Å². The molecule has 0 aliphatic rings. The number of hydrogen-bond donors (Lipinski definition) is 1. The van der Waals surface area contributed by atoms with E-state index in [-0.39, 0.29) is 5.95 Å². The Morgan fingerprint density at radius 3 is 2.55 bits per heavy atom. The molecule has 0 aliphatic heterocycles. The highest BCUT2D eigenvalue weighted by Gasteiger charge is 2.32. The zero-order chi connectivity index (χ0) is 22.0. The monoisotopic (exact) mass is 438 g/mol. The van der Waals surface area contributed by atoms with E-state index in [4.69, 9.17) is 0 Å². The normalized spacial score (nSPS) is 11.4. The summed E-state index contributed by atoms with van der Waals surface area (Å²) in [6, 6.07) is 16.3. The van der Waals surface area contributed by atoms with Crippen LogP contribution in [0, 0.1) is 6.92 Å². The molecule has 0 bridgehead atoms. The van der Waals surface area contributed by atoms with Crippen molar-refractivity contribution in [3.05, 3.63) is 95.4 Å². The second-order valence-corrected chi connectivity index (χ2v) is 7.88. The SMILES string of the molecule is C=C(c1ccccc1)c1ncc(-c2cc(C)cc(Nc3nccc(C(F)(F)F)n3)c2)s1. The minimum atomic E-state index is -4.53. The van der Waals surface area contributed by atoms with Crippen LogP contribution in [0.5, 0.6) is 0 Å². The number of benzene rings is 2. The number of hydrogen-bond acceptors (Lipinski definition) is 5. The number of nitrogens with one attached hydrogen (secondary N) is 1. The van der Waals surface area contributed by atoms with Gasteiger partial charge in [-0.3, -0.25) is 0 Å². The van der Waals surface area contributed by atoms with Crippen LogP contribution in [0.1, 0.15) is 21.8 Å². The molecule has 0 fully saturated rings. The Labute approximate surface area is 181 Å². The van der Waals surface area contributed by atoms with Gasteiger partial charge in [0.05, 0.1) is 4.88 Å². The number of aromatic nitrogens is 3. The van der Waals surface area contributed by atoms with Gasteiger partial charge in [-0.2, -0.15) is 13.2 Å². The van der Waals surface area contributed by atoms with E-state index in [9.17, 15) is 13.2 Å². The van der Waals surface area contributed by atoms with Crippen molar-refractivity contribution in [3.63, 3.8) is 0 Å². The lowest BCUT2D eigenvalue weighted by Crippen LogP contribution is -2.10. The van der Waals surface area contributed by atoms with Crippen LogP contribution >= 0.6 is 11.3 Å². The molecule has 0 unspecified atom stereocenters. The van der Waals surface area contributed by atoms with Gasteiger partial charge in [-0.1, -0.05) is 43.0 Å². The maximum absolute atomic E-state index is 12.9. The lowest BCUT2D eigenvalue weighted by Gasteiger charge is -2.10. The highest BCUT2D eigenvalue weighted by Crippen LogP contribution is 2.34. The van der Waals surface area contributed by atoms with E-state index in [1.807, 2.05) is 55.5 Å². The van der Waals surface area contributed by atoms with Crippen molar-refractivity contribution in [2.45, 2.75) is 13.1 Å². The molecule has 0 aliphatic carbocycles. The fourth-order valence-corrected chi connectivity index (χ4v) is 3.91. The third-order valence-electron chi connectivity index (χ3n) is 4.45. The number of anilines is 2. The van der Waals surface area contributed by atoms with Gasteiger partial charge in [-0.05, 0) is 41.8 Å². The standard InChI is InChI=1S/C23H17F3N4S/c1-14-10-17(19-13-28-21(31-19)15(2)16-6-4-3-5-7-16)12-18(11-14)29-22-27-9-8-20(30-22)23(24,25)26/h3-13H,2H2,1H3,(H,27,29,30). The van der Waals surface area contributed by atoms with Crippen LogP contribution in [-0.4, -0.2) is 15.0 Å². The number of nitrogens with zero attached hydrogens (tertiary/aromatic N) is 3. The second-order valence-electron chi connectivity index (χ2n) is 6.85. The van der Waals surface area contributed by atoms with Crippen molar-refractivity contribution in [2.24, 2.45) is 0 Å². The quantitative estimate of drug-likeness (QED) is 0.375. The molecule has 0 atom stereocenters. The van der Waals surface area contributed by atoms with E-state index in [1.54, 1.807) is 6.20 Å². The number of aryl methyl sites for hydroxylation is 1. The first-order chi connectivity index (χ1) is 14.8. The second kappa shape index (κ2) is 8.31. The van der Waals surface area contributed by atoms with Crippen LogP contribution in [0.2, 0.25) is 0 Å². The average molecular weight is 438 g/mol. The summed E-state index contributed by atoms with van der Waals surface area (Å²) in [4.78, 5) is 12.9. The van der Waals surface area contributed by atoms with Crippen molar-refractivity contribution in [1.29, 1.82) is 0 Å². The summed E-state index contributed by atoms with van der Waals surface area (Å²) < 4.78 is 38.7. The predicted octanol–water partition coefficient (Wildman–Crippen LogP) is 6.73. The van der Waals surface area contributed by atoms with Crippen molar-refractivity contribution in [1.82, 2.24) is 15.0 Å². The van der Waals surface area contributed by atoms with Crippen LogP contribution in [0.25, 0.3) is 16.0 Å². The highest BCUT2D eigenvalue weighted by molar-refractivity contribution is 7.16. The minimum Gasteiger partial charge on any atom is -0.324 e. The summed E-state index contributed by atoms with van der Waals surface area (Å²) in [7, 11) is 0. The van der Waals surface area contributed by atoms with Crippen molar-refractivity contribution >= 4 is 28.5 Å². The van der Waals surface area contributed by atoms with E-state index in [0.29, 0.717) is 5.69 Å². The van der Waals surface area contributed by atoms with Gasteiger partial charge in [0.1, 0.15) is 10.7 Å². The van der Waals surface area contributed by atoms with E-state index < -0.39 is 11.9 Å². The third-order valence-corrected chi connectivity index (χ3v) is 5.56. The highest BCUT2D eigenvalue weighted by atomic mass is 32.1. The average Bonchev–Trinajstić information content (AvgIpc) is 3.23. The zero-order valence-electron chi connectivity index (χ0n) is 16.4. The topological polar surface area (TPSA) is 50.7 Å².